The number of nitrogens with zero attached hydrogens (tertiary/aromatic N) is 2. The lowest BCUT2D eigenvalue weighted by Crippen LogP contribution is -1.90. The van der Waals surface area contributed by atoms with Crippen LogP contribution in [-0.2, 0) is 6.42 Å². The molecule has 0 atom stereocenters. The highest BCUT2D eigenvalue weighted by molar-refractivity contribution is 9.10. The summed E-state index contributed by atoms with van der Waals surface area (Å²) in [6.07, 6.45) is 2.76. The minimum atomic E-state index is 0.539. The maximum absolute atomic E-state index is 5.54. The van der Waals surface area contributed by atoms with E-state index in [0.717, 1.165) is 38.6 Å². The van der Waals surface area contributed by atoms with Crippen LogP contribution in [0.3, 0.4) is 0 Å². The van der Waals surface area contributed by atoms with E-state index in [-0.39, 0.29) is 0 Å². The second-order valence-corrected chi connectivity index (χ2v) is 8.54. The largest absolute Gasteiger partial charge is 0.496 e. The van der Waals surface area contributed by atoms with Gasteiger partial charge in [-0.25, -0.2) is 9.98 Å². The van der Waals surface area contributed by atoms with E-state index in [9.17, 15) is 0 Å². The summed E-state index contributed by atoms with van der Waals surface area (Å²) in [4.78, 5) is 10.6. The van der Waals surface area contributed by atoms with Gasteiger partial charge in [-0.15, -0.1) is 0 Å². The summed E-state index contributed by atoms with van der Waals surface area (Å²) < 4.78 is 6.65. The third kappa shape index (κ3) is 3.10. The number of aromatic nitrogens is 1. The molecule has 3 aromatic rings. The Bertz CT molecular complexity index is 990. The molecule has 132 valence electrons. The Morgan fingerprint density at radius 3 is 2.65 bits per heavy atom. The highest BCUT2D eigenvalue weighted by atomic mass is 79.9. The van der Waals surface area contributed by atoms with E-state index < -0.39 is 0 Å². The molecule has 1 aliphatic rings. The van der Waals surface area contributed by atoms with Gasteiger partial charge in [0.15, 0.2) is 0 Å². The van der Waals surface area contributed by atoms with Crippen LogP contribution >= 0.6 is 27.3 Å². The van der Waals surface area contributed by atoms with Gasteiger partial charge in [-0.3, -0.25) is 0 Å². The summed E-state index contributed by atoms with van der Waals surface area (Å²) in [7, 11) is 1.70. The first-order chi connectivity index (χ1) is 12.6. The Morgan fingerprint density at radius 1 is 1.19 bits per heavy atom. The van der Waals surface area contributed by atoms with Crippen LogP contribution in [0.5, 0.6) is 5.75 Å². The number of aliphatic imine (C=N–C) groups is 1. The van der Waals surface area contributed by atoms with Crippen molar-refractivity contribution in [3.05, 3.63) is 62.4 Å². The molecule has 0 amide bonds. The van der Waals surface area contributed by atoms with Gasteiger partial charge in [0.1, 0.15) is 5.75 Å². The average Bonchev–Trinajstić information content (AvgIpc) is 3.19. The van der Waals surface area contributed by atoms with Gasteiger partial charge in [0.2, 0.25) is 5.13 Å². The second kappa shape index (κ2) is 6.97. The number of benzene rings is 2. The van der Waals surface area contributed by atoms with Crippen LogP contribution in [0.15, 0.2) is 45.9 Å². The zero-order valence-corrected chi connectivity index (χ0v) is 17.3. The summed E-state index contributed by atoms with van der Waals surface area (Å²) in [5.41, 5.74) is 5.77. The van der Waals surface area contributed by atoms with Crippen LogP contribution < -0.4 is 4.74 Å². The second-order valence-electron chi connectivity index (χ2n) is 6.63. The van der Waals surface area contributed by atoms with Crippen molar-refractivity contribution in [3.63, 3.8) is 0 Å². The predicted octanol–water partition coefficient (Wildman–Crippen LogP) is 6.36. The van der Waals surface area contributed by atoms with Gasteiger partial charge < -0.3 is 4.74 Å². The van der Waals surface area contributed by atoms with Crippen molar-refractivity contribution in [1.29, 1.82) is 0 Å². The van der Waals surface area contributed by atoms with Crippen LogP contribution in [0.1, 0.15) is 41.3 Å². The Hall–Kier alpha value is -1.98. The number of halogens is 1. The third-order valence-electron chi connectivity index (χ3n) is 4.62. The lowest BCUT2D eigenvalue weighted by Gasteiger charge is -2.08. The molecule has 1 heterocycles. The zero-order valence-electron chi connectivity index (χ0n) is 14.9. The van der Waals surface area contributed by atoms with Crippen LogP contribution in [0, 0.1) is 0 Å². The standard InChI is InChI=1S/C21H19BrN2OS/c1-12(2)14-6-4-13(5-7-14)11-23-21-24-20-18(26-21)10-15-16(22)8-9-17(25-3)19(15)20/h4-9,11-12H,10H2,1-3H3. The van der Waals surface area contributed by atoms with Gasteiger partial charge in [0.25, 0.3) is 0 Å². The molecule has 0 spiro atoms. The van der Waals surface area contributed by atoms with Crippen molar-refractivity contribution in [3.8, 4) is 17.0 Å². The van der Waals surface area contributed by atoms with Crippen molar-refractivity contribution in [2.24, 2.45) is 4.99 Å². The Labute approximate surface area is 165 Å². The van der Waals surface area contributed by atoms with E-state index in [1.54, 1.807) is 18.4 Å². The topological polar surface area (TPSA) is 34.5 Å². The van der Waals surface area contributed by atoms with Gasteiger partial charge in [-0.1, -0.05) is 65.4 Å². The fourth-order valence-electron chi connectivity index (χ4n) is 3.17. The fraction of sp³-hybridized carbons (Fsp3) is 0.238. The number of thiazole rings is 1. The Balaban J connectivity index is 1.63. The van der Waals surface area contributed by atoms with Crippen LogP contribution in [0.2, 0.25) is 0 Å². The maximum atomic E-state index is 5.54. The van der Waals surface area contributed by atoms with Crippen LogP contribution in [0.25, 0.3) is 11.3 Å². The number of fused-ring (bicyclic) bond motifs is 3. The highest BCUT2D eigenvalue weighted by Crippen LogP contribution is 2.48. The smallest absolute Gasteiger partial charge is 0.209 e. The van der Waals surface area contributed by atoms with E-state index in [1.165, 1.54) is 16.0 Å². The van der Waals surface area contributed by atoms with Crippen LogP contribution in [-0.4, -0.2) is 18.3 Å². The zero-order chi connectivity index (χ0) is 18.3. The minimum Gasteiger partial charge on any atom is -0.496 e. The lowest BCUT2D eigenvalue weighted by atomic mass is 10.0. The molecular formula is C21H19BrN2OS. The monoisotopic (exact) mass is 426 g/mol. The molecule has 4 rings (SSSR count). The van der Waals surface area contributed by atoms with Gasteiger partial charge in [-0.05, 0) is 34.7 Å². The molecule has 0 aliphatic heterocycles. The van der Waals surface area contributed by atoms with Gasteiger partial charge in [0.05, 0.1) is 12.8 Å². The lowest BCUT2D eigenvalue weighted by molar-refractivity contribution is 0.416. The minimum absolute atomic E-state index is 0.539. The quantitative estimate of drug-likeness (QED) is 0.355. The first kappa shape index (κ1) is 17.4. The fourth-order valence-corrected chi connectivity index (χ4v) is 4.56. The van der Waals surface area contributed by atoms with E-state index in [0.29, 0.717) is 5.92 Å². The van der Waals surface area contributed by atoms with Crippen molar-refractivity contribution in [1.82, 2.24) is 4.98 Å². The molecular weight excluding hydrogens is 408 g/mol. The Kier molecular flexibility index (Phi) is 4.67. The molecule has 0 saturated carbocycles. The van der Waals surface area contributed by atoms with Crippen molar-refractivity contribution in [2.45, 2.75) is 26.2 Å². The molecule has 26 heavy (non-hydrogen) atoms. The maximum Gasteiger partial charge on any atom is 0.209 e. The predicted molar refractivity (Wildman–Crippen MR) is 112 cm³/mol. The number of rotatable bonds is 4. The van der Waals surface area contributed by atoms with Gasteiger partial charge >= 0.3 is 0 Å². The number of ether oxygens (including phenoxy) is 1. The van der Waals surface area contributed by atoms with Crippen molar-refractivity contribution in [2.75, 3.05) is 7.11 Å². The van der Waals surface area contributed by atoms with Crippen LogP contribution in [0.4, 0.5) is 5.13 Å². The first-order valence-electron chi connectivity index (χ1n) is 8.56. The van der Waals surface area contributed by atoms with Crippen molar-refractivity contribution < 1.29 is 4.74 Å². The average molecular weight is 427 g/mol. The molecule has 0 N–H and O–H groups in total. The molecule has 0 unspecified atom stereocenters. The summed E-state index contributed by atoms with van der Waals surface area (Å²) in [6, 6.07) is 12.6. The SMILES string of the molecule is COc1ccc(Br)c2c1-c1nc(N=Cc3ccc(C(C)C)cc3)sc1C2. The van der Waals surface area contributed by atoms with E-state index in [1.807, 2.05) is 18.3 Å². The Morgan fingerprint density at radius 2 is 1.96 bits per heavy atom. The molecule has 2 aromatic carbocycles. The summed E-state index contributed by atoms with van der Waals surface area (Å²) >= 11 is 5.29. The third-order valence-corrected chi connectivity index (χ3v) is 6.33. The molecule has 0 fully saturated rings. The number of hydrogen-bond donors (Lipinski definition) is 0. The molecule has 0 saturated heterocycles. The molecule has 1 aliphatic carbocycles. The van der Waals surface area contributed by atoms with Gasteiger partial charge in [-0.2, -0.15) is 0 Å². The molecule has 0 radical (unpaired) electrons. The summed E-state index contributed by atoms with van der Waals surface area (Å²) in [5.74, 6) is 1.41. The molecule has 3 nitrogen and oxygen atoms in total. The molecule has 0 bridgehead atoms. The number of hydrogen-bond acceptors (Lipinski definition) is 4. The molecule has 5 heteroatoms. The van der Waals surface area contributed by atoms with Crippen molar-refractivity contribution >= 4 is 38.6 Å². The number of methoxy groups -OCH3 is 1. The van der Waals surface area contributed by atoms with E-state index in [2.05, 4.69) is 59.0 Å². The summed E-state index contributed by atoms with van der Waals surface area (Å²) in [6.45, 7) is 4.40. The normalized spacial score (nSPS) is 12.7. The molecule has 1 aromatic heterocycles. The highest BCUT2D eigenvalue weighted by Gasteiger charge is 2.28. The summed E-state index contributed by atoms with van der Waals surface area (Å²) in [5, 5.41) is 0.788. The van der Waals surface area contributed by atoms with E-state index >= 15 is 0 Å². The van der Waals surface area contributed by atoms with Gasteiger partial charge in [0, 0.05) is 27.5 Å². The van der Waals surface area contributed by atoms with E-state index in [4.69, 9.17) is 9.72 Å². The first-order valence-corrected chi connectivity index (χ1v) is 10.2.